The molecule has 3 rings (SSSR count). The largest absolute Gasteiger partial charge is 0.460 e. The van der Waals surface area contributed by atoms with Crippen LogP contribution in [0.5, 0.6) is 0 Å². The van der Waals surface area contributed by atoms with Crippen molar-refractivity contribution >= 4 is 17.5 Å². The molecule has 0 atom stereocenters. The summed E-state index contributed by atoms with van der Waals surface area (Å²) in [7, 11) is 0. The minimum Gasteiger partial charge on any atom is -0.460 e. The van der Waals surface area contributed by atoms with Gasteiger partial charge in [-0.3, -0.25) is 9.59 Å². The molecule has 0 aliphatic heterocycles. The fourth-order valence-electron chi connectivity index (χ4n) is 3.03. The maximum atomic E-state index is 13.3. The molecule has 0 bridgehead atoms. The number of nitrogens with zero attached hydrogens (tertiary/aromatic N) is 1. The standard InChI is InChI=1S/C23H20FNO4/c1-2-29-23(28)22(27)14-21(26)20-13-12-19(17-6-4-3-5-7-17)25(20)15-16-8-10-18(24)11-9-16/h3-13H,2,14-15H2,1H3. The van der Waals surface area contributed by atoms with Crippen LogP contribution in [0.4, 0.5) is 4.39 Å². The minimum absolute atomic E-state index is 0.0673. The van der Waals surface area contributed by atoms with E-state index >= 15 is 0 Å². The number of ketones is 2. The van der Waals surface area contributed by atoms with Crippen LogP contribution in [-0.4, -0.2) is 28.7 Å². The quantitative estimate of drug-likeness (QED) is 0.251. The van der Waals surface area contributed by atoms with Gasteiger partial charge in [-0.05, 0) is 42.3 Å². The molecule has 0 saturated heterocycles. The molecule has 0 N–H and O–H groups in total. The van der Waals surface area contributed by atoms with Crippen LogP contribution in [0, 0.1) is 5.82 Å². The van der Waals surface area contributed by atoms with Gasteiger partial charge in [-0.2, -0.15) is 0 Å². The van der Waals surface area contributed by atoms with Crippen LogP contribution < -0.4 is 0 Å². The van der Waals surface area contributed by atoms with Gasteiger partial charge >= 0.3 is 5.97 Å². The van der Waals surface area contributed by atoms with Crippen LogP contribution in [0.25, 0.3) is 11.3 Å². The fraction of sp³-hybridized carbons (Fsp3) is 0.174. The number of hydrogen-bond donors (Lipinski definition) is 0. The summed E-state index contributed by atoms with van der Waals surface area (Å²) in [5.41, 5.74) is 2.77. The SMILES string of the molecule is CCOC(=O)C(=O)CC(=O)c1ccc(-c2ccccc2)n1Cc1ccc(F)cc1. The summed E-state index contributed by atoms with van der Waals surface area (Å²) in [6.45, 7) is 1.97. The van der Waals surface area contributed by atoms with E-state index in [4.69, 9.17) is 0 Å². The second kappa shape index (κ2) is 9.10. The van der Waals surface area contributed by atoms with Crippen molar-refractivity contribution in [2.75, 3.05) is 6.61 Å². The molecule has 0 unspecified atom stereocenters. The second-order valence-electron chi connectivity index (χ2n) is 6.43. The average molecular weight is 393 g/mol. The molecule has 0 aliphatic rings. The zero-order valence-corrected chi connectivity index (χ0v) is 15.9. The van der Waals surface area contributed by atoms with Gasteiger partial charge in [0.2, 0.25) is 5.78 Å². The summed E-state index contributed by atoms with van der Waals surface area (Å²) in [6.07, 6.45) is -0.569. The van der Waals surface area contributed by atoms with Crippen LogP contribution in [0.1, 0.15) is 29.4 Å². The molecule has 0 fully saturated rings. The van der Waals surface area contributed by atoms with Crippen molar-refractivity contribution < 1.29 is 23.5 Å². The first-order valence-corrected chi connectivity index (χ1v) is 9.22. The first-order chi connectivity index (χ1) is 14.0. The van der Waals surface area contributed by atoms with Crippen molar-refractivity contribution in [2.45, 2.75) is 19.9 Å². The molecular weight excluding hydrogens is 373 g/mol. The summed E-state index contributed by atoms with van der Waals surface area (Å²) in [5.74, 6) is -2.72. The summed E-state index contributed by atoms with van der Waals surface area (Å²) in [6, 6.07) is 18.9. The lowest BCUT2D eigenvalue weighted by molar-refractivity contribution is -0.153. The number of hydrogen-bond acceptors (Lipinski definition) is 4. The zero-order valence-electron chi connectivity index (χ0n) is 15.9. The number of Topliss-reactive ketones (excluding diaryl/α,β-unsaturated/α-hetero) is 2. The van der Waals surface area contributed by atoms with Gasteiger partial charge in [0.1, 0.15) is 5.82 Å². The Labute approximate surface area is 167 Å². The summed E-state index contributed by atoms with van der Waals surface area (Å²) in [4.78, 5) is 36.3. The van der Waals surface area contributed by atoms with Gasteiger partial charge in [0, 0.05) is 12.2 Å². The molecule has 0 aliphatic carbocycles. The molecule has 3 aromatic rings. The zero-order chi connectivity index (χ0) is 20.8. The third-order valence-electron chi connectivity index (χ3n) is 4.41. The first-order valence-electron chi connectivity index (χ1n) is 9.22. The summed E-state index contributed by atoms with van der Waals surface area (Å²) in [5, 5.41) is 0. The van der Waals surface area contributed by atoms with Gasteiger partial charge in [0.05, 0.1) is 18.7 Å². The molecule has 1 aromatic heterocycles. The molecular formula is C23H20FNO4. The van der Waals surface area contributed by atoms with E-state index in [0.29, 0.717) is 12.2 Å². The number of carbonyl (C=O) groups is 3. The molecule has 0 amide bonds. The third kappa shape index (κ3) is 4.85. The summed E-state index contributed by atoms with van der Waals surface area (Å²) < 4.78 is 19.7. The van der Waals surface area contributed by atoms with Crippen LogP contribution in [-0.2, 0) is 20.9 Å². The van der Waals surface area contributed by atoms with Gasteiger partial charge in [0.15, 0.2) is 5.78 Å². The Kier molecular flexibility index (Phi) is 6.34. The van der Waals surface area contributed by atoms with E-state index in [1.165, 1.54) is 12.1 Å². The van der Waals surface area contributed by atoms with E-state index in [2.05, 4.69) is 4.74 Å². The highest BCUT2D eigenvalue weighted by Gasteiger charge is 2.23. The van der Waals surface area contributed by atoms with Gasteiger partial charge < -0.3 is 9.30 Å². The van der Waals surface area contributed by atoms with Crippen LogP contribution in [0.2, 0.25) is 0 Å². The van der Waals surface area contributed by atoms with E-state index in [1.54, 1.807) is 35.8 Å². The number of ether oxygens (including phenoxy) is 1. The maximum Gasteiger partial charge on any atom is 0.375 e. The number of carbonyl (C=O) groups excluding carboxylic acids is 3. The van der Waals surface area contributed by atoms with E-state index in [9.17, 15) is 18.8 Å². The number of esters is 1. The topological polar surface area (TPSA) is 65.4 Å². The Bertz CT molecular complexity index is 1020. The minimum atomic E-state index is -1.01. The lowest BCUT2D eigenvalue weighted by Crippen LogP contribution is -2.22. The maximum absolute atomic E-state index is 13.3. The highest BCUT2D eigenvalue weighted by molar-refractivity contribution is 6.38. The van der Waals surface area contributed by atoms with Crippen molar-refractivity contribution in [3.8, 4) is 11.3 Å². The lowest BCUT2D eigenvalue weighted by Gasteiger charge is -2.13. The van der Waals surface area contributed by atoms with Crippen molar-refractivity contribution in [1.29, 1.82) is 0 Å². The van der Waals surface area contributed by atoms with Crippen LogP contribution in [0.3, 0.4) is 0 Å². The van der Waals surface area contributed by atoms with E-state index in [-0.39, 0.29) is 12.4 Å². The Morgan fingerprint density at radius 2 is 1.62 bits per heavy atom. The molecule has 29 heavy (non-hydrogen) atoms. The number of halogens is 1. The monoisotopic (exact) mass is 393 g/mol. The van der Waals surface area contributed by atoms with Crippen LogP contribution in [0.15, 0.2) is 66.7 Å². The van der Waals surface area contributed by atoms with Crippen LogP contribution >= 0.6 is 0 Å². The van der Waals surface area contributed by atoms with E-state index < -0.39 is 24.0 Å². The molecule has 148 valence electrons. The van der Waals surface area contributed by atoms with Gasteiger partial charge in [0.25, 0.3) is 0 Å². The average Bonchev–Trinajstić information content (AvgIpc) is 3.14. The van der Waals surface area contributed by atoms with Gasteiger partial charge in [-0.15, -0.1) is 0 Å². The molecule has 0 radical (unpaired) electrons. The van der Waals surface area contributed by atoms with Gasteiger partial charge in [-0.1, -0.05) is 42.5 Å². The highest BCUT2D eigenvalue weighted by atomic mass is 19.1. The van der Waals surface area contributed by atoms with Crippen molar-refractivity contribution in [1.82, 2.24) is 4.57 Å². The fourth-order valence-corrected chi connectivity index (χ4v) is 3.03. The van der Waals surface area contributed by atoms with Crippen molar-refractivity contribution in [3.05, 3.63) is 83.8 Å². The molecule has 0 spiro atoms. The molecule has 1 heterocycles. The lowest BCUT2D eigenvalue weighted by atomic mass is 10.1. The highest BCUT2D eigenvalue weighted by Crippen LogP contribution is 2.25. The number of aromatic nitrogens is 1. The second-order valence-corrected chi connectivity index (χ2v) is 6.43. The Balaban J connectivity index is 1.95. The molecule has 5 nitrogen and oxygen atoms in total. The normalized spacial score (nSPS) is 10.6. The Morgan fingerprint density at radius 3 is 2.28 bits per heavy atom. The van der Waals surface area contributed by atoms with Crippen molar-refractivity contribution in [2.24, 2.45) is 0 Å². The Morgan fingerprint density at radius 1 is 0.931 bits per heavy atom. The number of rotatable bonds is 8. The van der Waals surface area contributed by atoms with E-state index in [1.807, 2.05) is 30.3 Å². The van der Waals surface area contributed by atoms with E-state index in [0.717, 1.165) is 16.8 Å². The van der Waals surface area contributed by atoms with Crippen molar-refractivity contribution in [3.63, 3.8) is 0 Å². The predicted molar refractivity (Wildman–Crippen MR) is 106 cm³/mol. The summed E-state index contributed by atoms with van der Waals surface area (Å²) >= 11 is 0. The first kappa shape index (κ1) is 20.2. The molecule has 2 aromatic carbocycles. The molecule has 6 heteroatoms. The van der Waals surface area contributed by atoms with Gasteiger partial charge in [-0.25, -0.2) is 9.18 Å². The predicted octanol–water partition coefficient (Wildman–Crippen LogP) is 4.05. The molecule has 0 saturated carbocycles. The Hall–Kier alpha value is -3.54. The third-order valence-corrected chi connectivity index (χ3v) is 4.41. The smallest absolute Gasteiger partial charge is 0.375 e. The number of benzene rings is 2.